The second kappa shape index (κ2) is 6.36. The molecule has 0 saturated carbocycles. The third-order valence-electron chi connectivity index (χ3n) is 2.29. The molecule has 0 aliphatic carbocycles. The lowest BCUT2D eigenvalue weighted by atomic mass is 10.2. The van der Waals surface area contributed by atoms with Crippen molar-refractivity contribution in [3.63, 3.8) is 0 Å². The van der Waals surface area contributed by atoms with Gasteiger partial charge in [-0.1, -0.05) is 24.2 Å². The zero-order chi connectivity index (χ0) is 14.5. The quantitative estimate of drug-likeness (QED) is 0.668. The van der Waals surface area contributed by atoms with Crippen molar-refractivity contribution in [3.05, 3.63) is 53.4 Å². The van der Waals surface area contributed by atoms with Gasteiger partial charge < -0.3 is 10.6 Å². The summed E-state index contributed by atoms with van der Waals surface area (Å²) in [6, 6.07) is 7.06. The molecule has 0 aliphatic heterocycles. The van der Waals surface area contributed by atoms with Gasteiger partial charge in [-0.2, -0.15) is 4.98 Å². The van der Waals surface area contributed by atoms with E-state index in [1.54, 1.807) is 24.3 Å². The van der Waals surface area contributed by atoms with Gasteiger partial charge in [0.05, 0.1) is 6.20 Å². The molecule has 102 valence electrons. The van der Waals surface area contributed by atoms with Crippen LogP contribution in [0.15, 0.2) is 43.1 Å². The summed E-state index contributed by atoms with van der Waals surface area (Å²) >= 11 is 11.7. The van der Waals surface area contributed by atoms with E-state index in [2.05, 4.69) is 27.2 Å². The van der Waals surface area contributed by atoms with Crippen LogP contribution in [0, 0.1) is 0 Å². The van der Waals surface area contributed by atoms with E-state index in [0.717, 1.165) is 0 Å². The van der Waals surface area contributed by atoms with E-state index in [0.29, 0.717) is 22.2 Å². The Morgan fingerprint density at radius 2 is 2.05 bits per heavy atom. The normalized spacial score (nSPS) is 9.90. The average molecular weight is 309 g/mol. The van der Waals surface area contributed by atoms with Gasteiger partial charge in [0.1, 0.15) is 5.02 Å². The number of anilines is 3. The summed E-state index contributed by atoms with van der Waals surface area (Å²) in [6.45, 7) is 3.39. The predicted octanol–water partition coefficient (Wildman–Crippen LogP) is 3.65. The van der Waals surface area contributed by atoms with E-state index in [9.17, 15) is 4.79 Å². The summed E-state index contributed by atoms with van der Waals surface area (Å²) in [5.74, 6) is 0.101. The molecular formula is C13H10Cl2N4O. The molecule has 7 heteroatoms. The number of carbonyl (C=O) groups is 1. The Morgan fingerprint density at radius 3 is 2.80 bits per heavy atom. The van der Waals surface area contributed by atoms with Crippen LogP contribution in [0.4, 0.5) is 17.2 Å². The smallest absolute Gasteiger partial charge is 0.247 e. The molecule has 0 unspecified atom stereocenters. The van der Waals surface area contributed by atoms with Crippen molar-refractivity contribution < 1.29 is 4.79 Å². The van der Waals surface area contributed by atoms with Crippen LogP contribution in [0.3, 0.4) is 0 Å². The zero-order valence-electron chi connectivity index (χ0n) is 10.2. The van der Waals surface area contributed by atoms with Gasteiger partial charge in [0, 0.05) is 11.4 Å². The summed E-state index contributed by atoms with van der Waals surface area (Å²) in [5, 5.41) is 6.09. The molecule has 1 heterocycles. The maximum atomic E-state index is 11.2. The minimum Gasteiger partial charge on any atom is -0.339 e. The van der Waals surface area contributed by atoms with Crippen LogP contribution in [0.5, 0.6) is 0 Å². The molecule has 20 heavy (non-hydrogen) atoms. The maximum Gasteiger partial charge on any atom is 0.247 e. The third kappa shape index (κ3) is 3.69. The Morgan fingerprint density at radius 1 is 1.30 bits per heavy atom. The molecule has 2 rings (SSSR count). The molecule has 5 nitrogen and oxygen atoms in total. The van der Waals surface area contributed by atoms with Gasteiger partial charge in [0.15, 0.2) is 5.82 Å². The molecule has 0 aliphatic rings. The Balaban J connectivity index is 2.21. The third-order valence-corrected chi connectivity index (χ3v) is 2.75. The first-order valence-electron chi connectivity index (χ1n) is 5.57. The molecule has 0 bridgehead atoms. The van der Waals surface area contributed by atoms with E-state index < -0.39 is 0 Å². The predicted molar refractivity (Wildman–Crippen MR) is 80.6 cm³/mol. The minimum absolute atomic E-state index is 0.0908. The Hall–Kier alpha value is -2.11. The topological polar surface area (TPSA) is 66.9 Å². The molecule has 2 aromatic rings. The van der Waals surface area contributed by atoms with E-state index in [4.69, 9.17) is 23.2 Å². The van der Waals surface area contributed by atoms with Gasteiger partial charge in [-0.3, -0.25) is 4.79 Å². The van der Waals surface area contributed by atoms with Crippen molar-refractivity contribution >= 4 is 46.3 Å². The number of halogens is 2. The first kappa shape index (κ1) is 14.3. The summed E-state index contributed by atoms with van der Waals surface area (Å²) in [7, 11) is 0. The molecular weight excluding hydrogens is 299 g/mol. The fraction of sp³-hybridized carbons (Fsp3) is 0. The second-order valence-corrected chi connectivity index (χ2v) is 4.48. The molecule has 0 atom stereocenters. The van der Waals surface area contributed by atoms with Gasteiger partial charge in [0.25, 0.3) is 0 Å². The summed E-state index contributed by atoms with van der Waals surface area (Å²) in [6.07, 6.45) is 2.60. The van der Waals surface area contributed by atoms with Crippen LogP contribution in [0.1, 0.15) is 0 Å². The lowest BCUT2D eigenvalue weighted by molar-refractivity contribution is -0.111. The second-order valence-electron chi connectivity index (χ2n) is 3.73. The van der Waals surface area contributed by atoms with Crippen molar-refractivity contribution in [2.24, 2.45) is 0 Å². The highest BCUT2D eigenvalue weighted by atomic mass is 35.5. The van der Waals surface area contributed by atoms with E-state index in [1.807, 2.05) is 0 Å². The van der Waals surface area contributed by atoms with Crippen LogP contribution >= 0.6 is 23.2 Å². The van der Waals surface area contributed by atoms with E-state index in [-0.39, 0.29) is 11.2 Å². The number of rotatable bonds is 4. The van der Waals surface area contributed by atoms with E-state index >= 15 is 0 Å². The summed E-state index contributed by atoms with van der Waals surface area (Å²) < 4.78 is 0. The van der Waals surface area contributed by atoms with Crippen molar-refractivity contribution in [2.75, 3.05) is 10.6 Å². The van der Waals surface area contributed by atoms with Gasteiger partial charge in [-0.05, 0) is 35.9 Å². The fourth-order valence-electron chi connectivity index (χ4n) is 1.44. The van der Waals surface area contributed by atoms with Gasteiger partial charge in [0.2, 0.25) is 11.2 Å². The number of benzene rings is 1. The maximum absolute atomic E-state index is 11.2. The molecule has 0 saturated heterocycles. The van der Waals surface area contributed by atoms with Crippen LogP contribution in [0.2, 0.25) is 10.3 Å². The Labute approximate surface area is 125 Å². The fourth-order valence-corrected chi connectivity index (χ4v) is 1.71. The number of carbonyl (C=O) groups excluding carboxylic acids is 1. The van der Waals surface area contributed by atoms with Crippen molar-refractivity contribution in [2.45, 2.75) is 0 Å². The lowest BCUT2D eigenvalue weighted by Gasteiger charge is -2.09. The number of nitrogens with one attached hydrogen (secondary N) is 2. The van der Waals surface area contributed by atoms with Crippen LogP contribution in [-0.2, 0) is 4.79 Å². The number of amides is 1. The largest absolute Gasteiger partial charge is 0.339 e. The van der Waals surface area contributed by atoms with Crippen LogP contribution in [-0.4, -0.2) is 15.9 Å². The van der Waals surface area contributed by atoms with Gasteiger partial charge in [-0.15, -0.1) is 0 Å². The monoisotopic (exact) mass is 308 g/mol. The Kier molecular flexibility index (Phi) is 4.55. The number of nitrogens with zero attached hydrogens (tertiary/aromatic N) is 2. The molecule has 0 fully saturated rings. The van der Waals surface area contributed by atoms with Gasteiger partial charge in [-0.25, -0.2) is 4.98 Å². The number of hydrogen-bond donors (Lipinski definition) is 2. The highest BCUT2D eigenvalue weighted by molar-refractivity contribution is 6.33. The molecule has 0 spiro atoms. The standard InChI is InChI=1S/C13H10Cl2N4O/c1-2-11(20)17-8-4-3-5-9(6-8)18-12-10(14)7-16-13(15)19-12/h2-7H,1H2,(H,17,20)(H,16,18,19). The lowest BCUT2D eigenvalue weighted by Crippen LogP contribution is -2.07. The first-order valence-corrected chi connectivity index (χ1v) is 6.32. The summed E-state index contributed by atoms with van der Waals surface area (Å²) in [4.78, 5) is 19.0. The van der Waals surface area contributed by atoms with Crippen molar-refractivity contribution in [1.29, 1.82) is 0 Å². The zero-order valence-corrected chi connectivity index (χ0v) is 11.7. The number of aromatic nitrogens is 2. The molecule has 2 N–H and O–H groups in total. The first-order chi connectivity index (χ1) is 9.58. The molecule has 1 aromatic heterocycles. The average Bonchev–Trinajstić information content (AvgIpc) is 2.43. The van der Waals surface area contributed by atoms with Crippen molar-refractivity contribution in [1.82, 2.24) is 9.97 Å². The minimum atomic E-state index is -0.287. The highest BCUT2D eigenvalue weighted by Gasteiger charge is 2.05. The van der Waals surface area contributed by atoms with E-state index in [1.165, 1.54) is 12.3 Å². The summed E-state index contributed by atoms with van der Waals surface area (Å²) in [5.41, 5.74) is 1.32. The molecule has 0 radical (unpaired) electrons. The SMILES string of the molecule is C=CC(=O)Nc1cccc(Nc2nc(Cl)ncc2Cl)c1. The van der Waals surface area contributed by atoms with Crippen LogP contribution in [0.25, 0.3) is 0 Å². The van der Waals surface area contributed by atoms with Gasteiger partial charge >= 0.3 is 0 Å². The highest BCUT2D eigenvalue weighted by Crippen LogP contribution is 2.25. The Bertz CT molecular complexity index is 661. The molecule has 1 amide bonds. The molecule has 1 aromatic carbocycles. The van der Waals surface area contributed by atoms with Crippen molar-refractivity contribution in [3.8, 4) is 0 Å². The van der Waals surface area contributed by atoms with Crippen LogP contribution < -0.4 is 10.6 Å². The number of hydrogen-bond acceptors (Lipinski definition) is 4.